The molecule has 1 atom stereocenters. The number of amides is 1. The van der Waals surface area contributed by atoms with Gasteiger partial charge < -0.3 is 15.2 Å². The van der Waals surface area contributed by atoms with Gasteiger partial charge in [-0.1, -0.05) is 32.0 Å². The monoisotopic (exact) mass is 329 g/mol. The molecule has 5 nitrogen and oxygen atoms in total. The van der Waals surface area contributed by atoms with Crippen molar-refractivity contribution in [2.24, 2.45) is 11.8 Å². The van der Waals surface area contributed by atoms with Gasteiger partial charge in [0.2, 0.25) is 5.91 Å². The molecule has 1 aromatic carbocycles. The third-order valence-electron chi connectivity index (χ3n) is 3.19. The fraction of sp³-hybridized carbons (Fsp3) is 0.500. The van der Waals surface area contributed by atoms with Crippen molar-refractivity contribution in [1.82, 2.24) is 5.32 Å². The number of halogens is 2. The SMILES string of the molecule is CC(C)CC(CNC(=O)Cc1ccccc1OC(F)F)C(=O)O. The highest BCUT2D eigenvalue weighted by Crippen LogP contribution is 2.20. The number of ether oxygens (including phenoxy) is 1. The zero-order valence-electron chi connectivity index (χ0n) is 13.1. The predicted octanol–water partition coefficient (Wildman–Crippen LogP) is 2.69. The third-order valence-corrected chi connectivity index (χ3v) is 3.19. The molecule has 23 heavy (non-hydrogen) atoms. The molecule has 0 fully saturated rings. The van der Waals surface area contributed by atoms with E-state index >= 15 is 0 Å². The Morgan fingerprint density at radius 1 is 1.26 bits per heavy atom. The number of hydrogen-bond acceptors (Lipinski definition) is 3. The van der Waals surface area contributed by atoms with Crippen LogP contribution in [0.3, 0.4) is 0 Å². The highest BCUT2D eigenvalue weighted by atomic mass is 19.3. The Bertz CT molecular complexity index is 535. The number of aliphatic carboxylic acids is 1. The lowest BCUT2D eigenvalue weighted by atomic mass is 9.97. The number of carboxylic acids is 1. The second-order valence-electron chi connectivity index (χ2n) is 5.63. The van der Waals surface area contributed by atoms with E-state index in [0.29, 0.717) is 12.0 Å². The minimum Gasteiger partial charge on any atom is -0.481 e. The number of rotatable bonds is 9. The Labute approximate surface area is 133 Å². The molecule has 0 saturated carbocycles. The van der Waals surface area contributed by atoms with Crippen LogP contribution in [0.1, 0.15) is 25.8 Å². The Kier molecular flexibility index (Phi) is 7.44. The first-order chi connectivity index (χ1) is 10.8. The molecule has 128 valence electrons. The summed E-state index contributed by atoms with van der Waals surface area (Å²) in [6.45, 7) is 0.830. The number of alkyl halides is 2. The van der Waals surface area contributed by atoms with E-state index in [0.717, 1.165) is 0 Å². The van der Waals surface area contributed by atoms with E-state index in [2.05, 4.69) is 10.1 Å². The standard InChI is InChI=1S/C16H21F2NO4/c1-10(2)7-12(15(21)22)9-19-14(20)8-11-5-3-4-6-13(11)23-16(17)18/h3-6,10,12,16H,7-9H2,1-2H3,(H,19,20)(H,21,22). The van der Waals surface area contributed by atoms with Gasteiger partial charge in [0, 0.05) is 12.1 Å². The van der Waals surface area contributed by atoms with Crippen LogP contribution in [0, 0.1) is 11.8 Å². The molecule has 1 amide bonds. The molecule has 0 aliphatic carbocycles. The van der Waals surface area contributed by atoms with Crippen molar-refractivity contribution in [2.45, 2.75) is 33.3 Å². The molecule has 1 unspecified atom stereocenters. The third kappa shape index (κ3) is 7.08. The fourth-order valence-corrected chi connectivity index (χ4v) is 2.17. The summed E-state index contributed by atoms with van der Waals surface area (Å²) >= 11 is 0. The van der Waals surface area contributed by atoms with Crippen LogP contribution in [-0.4, -0.2) is 30.1 Å². The van der Waals surface area contributed by atoms with E-state index in [9.17, 15) is 18.4 Å². The number of para-hydroxylation sites is 1. The second kappa shape index (κ2) is 9.07. The van der Waals surface area contributed by atoms with Crippen molar-refractivity contribution >= 4 is 11.9 Å². The Morgan fingerprint density at radius 2 is 1.91 bits per heavy atom. The molecule has 1 aromatic rings. The minimum atomic E-state index is -2.97. The van der Waals surface area contributed by atoms with Gasteiger partial charge in [0.15, 0.2) is 0 Å². The van der Waals surface area contributed by atoms with Crippen LogP contribution in [0.15, 0.2) is 24.3 Å². The van der Waals surface area contributed by atoms with Gasteiger partial charge in [-0.05, 0) is 18.4 Å². The quantitative estimate of drug-likeness (QED) is 0.730. The van der Waals surface area contributed by atoms with E-state index in [1.165, 1.54) is 18.2 Å². The normalized spacial score (nSPS) is 12.3. The van der Waals surface area contributed by atoms with Crippen LogP contribution in [0.4, 0.5) is 8.78 Å². The lowest BCUT2D eigenvalue weighted by molar-refractivity contribution is -0.142. The van der Waals surface area contributed by atoms with E-state index < -0.39 is 24.4 Å². The molecule has 0 aliphatic heterocycles. The predicted molar refractivity (Wildman–Crippen MR) is 80.4 cm³/mol. The summed E-state index contributed by atoms with van der Waals surface area (Å²) < 4.78 is 29.0. The second-order valence-corrected chi connectivity index (χ2v) is 5.63. The van der Waals surface area contributed by atoms with Crippen LogP contribution in [0.2, 0.25) is 0 Å². The molecular formula is C16H21F2NO4. The number of hydrogen-bond donors (Lipinski definition) is 2. The summed E-state index contributed by atoms with van der Waals surface area (Å²) in [4.78, 5) is 23.0. The van der Waals surface area contributed by atoms with Crippen molar-refractivity contribution in [2.75, 3.05) is 6.54 Å². The van der Waals surface area contributed by atoms with Crippen LogP contribution < -0.4 is 10.1 Å². The zero-order valence-corrected chi connectivity index (χ0v) is 13.1. The maximum atomic E-state index is 12.3. The Morgan fingerprint density at radius 3 is 2.48 bits per heavy atom. The summed E-state index contributed by atoms with van der Waals surface area (Å²) in [6.07, 6.45) is 0.289. The summed E-state index contributed by atoms with van der Waals surface area (Å²) in [5.74, 6) is -1.96. The summed E-state index contributed by atoms with van der Waals surface area (Å²) in [6, 6.07) is 6.01. The maximum Gasteiger partial charge on any atom is 0.387 e. The number of nitrogens with one attached hydrogen (secondary N) is 1. The van der Waals surface area contributed by atoms with Crippen LogP contribution in [0.5, 0.6) is 5.75 Å². The van der Waals surface area contributed by atoms with Gasteiger partial charge in [-0.15, -0.1) is 0 Å². The molecule has 0 aromatic heterocycles. The molecule has 1 rings (SSSR count). The molecule has 0 bridgehead atoms. The van der Waals surface area contributed by atoms with Gasteiger partial charge in [0.05, 0.1) is 12.3 Å². The van der Waals surface area contributed by atoms with E-state index in [4.69, 9.17) is 5.11 Å². The summed E-state index contributed by atoms with van der Waals surface area (Å²) in [7, 11) is 0. The van der Waals surface area contributed by atoms with Gasteiger partial charge in [-0.3, -0.25) is 9.59 Å². The van der Waals surface area contributed by atoms with E-state index in [1.807, 2.05) is 13.8 Å². The number of benzene rings is 1. The van der Waals surface area contributed by atoms with Gasteiger partial charge in [0.1, 0.15) is 5.75 Å². The van der Waals surface area contributed by atoms with Gasteiger partial charge >= 0.3 is 12.6 Å². The molecule has 0 spiro atoms. The molecule has 2 N–H and O–H groups in total. The number of carbonyl (C=O) groups is 2. The first-order valence-electron chi connectivity index (χ1n) is 7.31. The minimum absolute atomic E-state index is 0.00418. The van der Waals surface area contributed by atoms with Crippen LogP contribution in [-0.2, 0) is 16.0 Å². The van der Waals surface area contributed by atoms with Gasteiger partial charge in [0.25, 0.3) is 0 Å². The molecule has 0 aliphatic rings. The van der Waals surface area contributed by atoms with Gasteiger partial charge in [-0.2, -0.15) is 8.78 Å². The van der Waals surface area contributed by atoms with Crippen molar-refractivity contribution < 1.29 is 28.2 Å². The largest absolute Gasteiger partial charge is 0.481 e. The zero-order chi connectivity index (χ0) is 17.4. The highest BCUT2D eigenvalue weighted by Gasteiger charge is 2.20. The van der Waals surface area contributed by atoms with Crippen molar-refractivity contribution in [3.05, 3.63) is 29.8 Å². The topological polar surface area (TPSA) is 75.6 Å². The lowest BCUT2D eigenvalue weighted by Gasteiger charge is -2.16. The molecule has 0 saturated heterocycles. The fourth-order valence-electron chi connectivity index (χ4n) is 2.17. The smallest absolute Gasteiger partial charge is 0.387 e. The van der Waals surface area contributed by atoms with Gasteiger partial charge in [-0.25, -0.2) is 0 Å². The molecule has 0 radical (unpaired) electrons. The number of carboxylic acid groups (broad SMARTS) is 1. The van der Waals surface area contributed by atoms with E-state index in [1.54, 1.807) is 6.07 Å². The van der Waals surface area contributed by atoms with Crippen LogP contribution >= 0.6 is 0 Å². The molecular weight excluding hydrogens is 308 g/mol. The van der Waals surface area contributed by atoms with Crippen molar-refractivity contribution in [1.29, 1.82) is 0 Å². The van der Waals surface area contributed by atoms with E-state index in [-0.39, 0.29) is 24.6 Å². The average Bonchev–Trinajstić information content (AvgIpc) is 2.44. The van der Waals surface area contributed by atoms with Crippen molar-refractivity contribution in [3.8, 4) is 5.75 Å². The lowest BCUT2D eigenvalue weighted by Crippen LogP contribution is -2.34. The summed E-state index contributed by atoms with van der Waals surface area (Å²) in [5, 5.41) is 11.6. The number of carbonyl (C=O) groups excluding carboxylic acids is 1. The average molecular weight is 329 g/mol. The maximum absolute atomic E-state index is 12.3. The molecule has 7 heteroatoms. The highest BCUT2D eigenvalue weighted by molar-refractivity contribution is 5.80. The van der Waals surface area contributed by atoms with Crippen molar-refractivity contribution in [3.63, 3.8) is 0 Å². The Balaban J connectivity index is 2.61. The Hall–Kier alpha value is -2.18. The summed E-state index contributed by atoms with van der Waals surface area (Å²) in [5.41, 5.74) is 0.320. The van der Waals surface area contributed by atoms with Crippen LogP contribution in [0.25, 0.3) is 0 Å². The first-order valence-corrected chi connectivity index (χ1v) is 7.31. The molecule has 0 heterocycles. The first kappa shape index (κ1) is 18.9.